The Kier molecular flexibility index (Phi) is 4.77. The van der Waals surface area contributed by atoms with E-state index in [0.29, 0.717) is 15.9 Å². The van der Waals surface area contributed by atoms with Crippen LogP contribution < -0.4 is 16.0 Å². The Morgan fingerprint density at radius 3 is 2.73 bits per heavy atom. The average molecular weight is 393 g/mol. The predicted molar refractivity (Wildman–Crippen MR) is 97.5 cm³/mol. The fourth-order valence-corrected chi connectivity index (χ4v) is 3.08. The van der Waals surface area contributed by atoms with Crippen LogP contribution in [-0.4, -0.2) is 23.9 Å². The van der Waals surface area contributed by atoms with Gasteiger partial charge in [0.2, 0.25) is 15.9 Å². The minimum Gasteiger partial charge on any atom is -0.324 e. The molecule has 0 aliphatic carbocycles. The fraction of sp³-hybridized carbons (Fsp3) is 0.0625. The maximum Gasteiger partial charge on any atom is 0.261 e. The number of nitrogens with two attached hydrogens (primary N) is 1. The van der Waals surface area contributed by atoms with Crippen LogP contribution in [0.4, 0.5) is 5.69 Å². The summed E-state index contributed by atoms with van der Waals surface area (Å²) in [6.07, 6.45) is 1.26. The summed E-state index contributed by atoms with van der Waals surface area (Å²) in [5.74, 6) is -0.526. The Hall–Kier alpha value is -2.75. The van der Waals surface area contributed by atoms with E-state index in [4.69, 9.17) is 16.7 Å². The van der Waals surface area contributed by atoms with Gasteiger partial charge in [-0.25, -0.2) is 18.5 Å². The number of hydrogen-bond donors (Lipinski definition) is 2. The van der Waals surface area contributed by atoms with Crippen LogP contribution in [0.2, 0.25) is 5.02 Å². The molecule has 1 amide bonds. The zero-order valence-electron chi connectivity index (χ0n) is 13.2. The molecular formula is C16H13ClN4O4S. The van der Waals surface area contributed by atoms with E-state index < -0.39 is 21.5 Å². The highest BCUT2D eigenvalue weighted by atomic mass is 35.5. The number of hydrogen-bond acceptors (Lipinski definition) is 5. The lowest BCUT2D eigenvalue weighted by atomic mass is 10.2. The molecule has 3 rings (SSSR count). The number of benzene rings is 2. The summed E-state index contributed by atoms with van der Waals surface area (Å²) in [6, 6.07) is 10.2. The molecule has 0 atom stereocenters. The summed E-state index contributed by atoms with van der Waals surface area (Å²) in [4.78, 5) is 28.6. The number of carbonyl (C=O) groups excluding carboxylic acids is 1. The van der Waals surface area contributed by atoms with Gasteiger partial charge in [0.25, 0.3) is 5.56 Å². The minimum atomic E-state index is -3.88. The van der Waals surface area contributed by atoms with Crippen molar-refractivity contribution >= 4 is 44.1 Å². The largest absolute Gasteiger partial charge is 0.324 e. The van der Waals surface area contributed by atoms with Crippen LogP contribution in [0.5, 0.6) is 0 Å². The van der Waals surface area contributed by atoms with E-state index in [2.05, 4.69) is 10.3 Å². The second kappa shape index (κ2) is 6.87. The van der Waals surface area contributed by atoms with Gasteiger partial charge in [0, 0.05) is 10.7 Å². The number of nitrogens with one attached hydrogen (secondary N) is 1. The molecule has 3 aromatic rings. The third-order valence-corrected chi connectivity index (χ3v) is 4.69. The van der Waals surface area contributed by atoms with E-state index in [1.54, 1.807) is 12.1 Å². The van der Waals surface area contributed by atoms with Gasteiger partial charge in [-0.15, -0.1) is 0 Å². The van der Waals surface area contributed by atoms with Crippen molar-refractivity contribution in [1.82, 2.24) is 9.55 Å². The van der Waals surface area contributed by atoms with Gasteiger partial charge in [-0.2, -0.15) is 0 Å². The zero-order valence-corrected chi connectivity index (χ0v) is 14.8. The predicted octanol–water partition coefficient (Wildman–Crippen LogP) is 1.34. The normalized spacial score (nSPS) is 11.5. The molecule has 3 N–H and O–H groups in total. The Bertz CT molecular complexity index is 1170. The van der Waals surface area contributed by atoms with Crippen LogP contribution in [0, 0.1) is 0 Å². The van der Waals surface area contributed by atoms with Crippen molar-refractivity contribution in [1.29, 1.82) is 0 Å². The lowest BCUT2D eigenvalue weighted by molar-refractivity contribution is -0.116. The minimum absolute atomic E-state index is 0.130. The van der Waals surface area contributed by atoms with Gasteiger partial charge in [0.1, 0.15) is 6.54 Å². The van der Waals surface area contributed by atoms with Gasteiger partial charge in [0.05, 0.1) is 22.1 Å². The second-order valence-corrected chi connectivity index (χ2v) is 7.46. The SMILES string of the molecule is NS(=O)(=O)c1cccc(NC(=O)Cn2cnc3ccc(Cl)cc3c2=O)c1. The standard InChI is InChI=1S/C16H13ClN4O4S/c17-10-4-5-14-13(6-10)16(23)21(9-19-14)8-15(22)20-11-2-1-3-12(7-11)26(18,24)25/h1-7,9H,8H2,(H,20,22)(H2,18,24,25). The van der Waals surface area contributed by atoms with E-state index in [-0.39, 0.29) is 17.1 Å². The molecule has 0 aliphatic heterocycles. The number of fused-ring (bicyclic) bond motifs is 1. The smallest absolute Gasteiger partial charge is 0.261 e. The third kappa shape index (κ3) is 3.90. The van der Waals surface area contributed by atoms with Crippen LogP contribution in [0.15, 0.2) is 58.5 Å². The van der Waals surface area contributed by atoms with Crippen molar-refractivity contribution < 1.29 is 13.2 Å². The molecule has 0 spiro atoms. The summed E-state index contributed by atoms with van der Waals surface area (Å²) >= 11 is 5.89. The maximum absolute atomic E-state index is 12.4. The number of rotatable bonds is 4. The number of amides is 1. The quantitative estimate of drug-likeness (QED) is 0.693. The van der Waals surface area contributed by atoms with Gasteiger partial charge in [0.15, 0.2) is 0 Å². The molecule has 0 saturated heterocycles. The maximum atomic E-state index is 12.4. The molecule has 0 radical (unpaired) electrons. The number of halogens is 1. The highest BCUT2D eigenvalue weighted by molar-refractivity contribution is 7.89. The lowest BCUT2D eigenvalue weighted by Gasteiger charge is -2.09. The molecule has 0 saturated carbocycles. The van der Waals surface area contributed by atoms with Gasteiger partial charge in [-0.05, 0) is 36.4 Å². The molecule has 0 unspecified atom stereocenters. The van der Waals surface area contributed by atoms with Gasteiger partial charge < -0.3 is 5.32 Å². The molecule has 134 valence electrons. The first kappa shape index (κ1) is 18.1. The van der Waals surface area contributed by atoms with E-state index >= 15 is 0 Å². The summed E-state index contributed by atoms with van der Waals surface area (Å²) in [5, 5.41) is 8.26. The number of anilines is 1. The molecule has 2 aromatic carbocycles. The van der Waals surface area contributed by atoms with Crippen LogP contribution >= 0.6 is 11.6 Å². The van der Waals surface area contributed by atoms with Crippen LogP contribution in [0.1, 0.15) is 0 Å². The Labute approximate surface area is 153 Å². The monoisotopic (exact) mass is 392 g/mol. The molecular weight excluding hydrogens is 380 g/mol. The number of primary sulfonamides is 1. The fourth-order valence-electron chi connectivity index (χ4n) is 2.35. The van der Waals surface area contributed by atoms with Crippen molar-refractivity contribution in [3.63, 3.8) is 0 Å². The average Bonchev–Trinajstić information content (AvgIpc) is 2.57. The number of aromatic nitrogens is 2. The molecule has 0 aliphatic rings. The molecule has 10 heteroatoms. The van der Waals surface area contributed by atoms with E-state index in [9.17, 15) is 18.0 Å². The molecule has 1 heterocycles. The third-order valence-electron chi connectivity index (χ3n) is 3.55. The van der Waals surface area contributed by atoms with Crippen LogP contribution in [-0.2, 0) is 21.4 Å². The highest BCUT2D eigenvalue weighted by Crippen LogP contribution is 2.15. The van der Waals surface area contributed by atoms with Crippen molar-refractivity contribution in [2.45, 2.75) is 11.4 Å². The zero-order chi connectivity index (χ0) is 18.9. The van der Waals surface area contributed by atoms with Crippen molar-refractivity contribution in [3.8, 4) is 0 Å². The summed E-state index contributed by atoms with van der Waals surface area (Å²) < 4.78 is 23.9. The number of nitrogens with zero attached hydrogens (tertiary/aromatic N) is 2. The van der Waals surface area contributed by atoms with Gasteiger partial charge in [-0.3, -0.25) is 14.2 Å². The molecule has 26 heavy (non-hydrogen) atoms. The van der Waals surface area contributed by atoms with Crippen LogP contribution in [0.25, 0.3) is 10.9 Å². The first-order valence-corrected chi connectivity index (χ1v) is 9.24. The topological polar surface area (TPSA) is 124 Å². The van der Waals surface area contributed by atoms with E-state index in [1.807, 2.05) is 0 Å². The van der Waals surface area contributed by atoms with E-state index in [0.717, 1.165) is 4.57 Å². The molecule has 0 fully saturated rings. The Morgan fingerprint density at radius 2 is 2.00 bits per heavy atom. The first-order valence-electron chi connectivity index (χ1n) is 7.31. The molecule has 8 nitrogen and oxygen atoms in total. The second-order valence-electron chi connectivity index (χ2n) is 5.46. The van der Waals surface area contributed by atoms with Crippen molar-refractivity contribution in [2.75, 3.05) is 5.32 Å². The highest BCUT2D eigenvalue weighted by Gasteiger charge is 2.11. The summed E-state index contributed by atoms with van der Waals surface area (Å²) in [5.41, 5.74) is 0.300. The van der Waals surface area contributed by atoms with Crippen molar-refractivity contribution in [2.24, 2.45) is 5.14 Å². The Morgan fingerprint density at radius 1 is 1.23 bits per heavy atom. The van der Waals surface area contributed by atoms with E-state index in [1.165, 1.54) is 36.7 Å². The first-order chi connectivity index (χ1) is 12.2. The van der Waals surface area contributed by atoms with Gasteiger partial charge in [-0.1, -0.05) is 17.7 Å². The molecule has 0 bridgehead atoms. The molecule has 1 aromatic heterocycles. The van der Waals surface area contributed by atoms with Gasteiger partial charge >= 0.3 is 0 Å². The summed E-state index contributed by atoms with van der Waals surface area (Å²) in [6.45, 7) is -0.298. The lowest BCUT2D eigenvalue weighted by Crippen LogP contribution is -2.28. The van der Waals surface area contributed by atoms with Crippen LogP contribution in [0.3, 0.4) is 0 Å². The number of carbonyl (C=O) groups is 1. The summed E-state index contributed by atoms with van der Waals surface area (Å²) in [7, 11) is -3.88. The van der Waals surface area contributed by atoms with Crippen molar-refractivity contribution in [3.05, 3.63) is 64.2 Å². The number of sulfonamides is 1. The Balaban J connectivity index is 1.84.